The number of carbonyl (C=O) groups excluding carboxylic acids is 1. The predicted molar refractivity (Wildman–Crippen MR) is 91.4 cm³/mol. The first-order chi connectivity index (χ1) is 10.3. The summed E-state index contributed by atoms with van der Waals surface area (Å²) in [6.45, 7) is 7.42. The molecule has 0 saturated heterocycles. The van der Waals surface area contributed by atoms with E-state index in [1.165, 1.54) is 5.56 Å². The lowest BCUT2D eigenvalue weighted by atomic mass is 10.2. The number of hydrogen-bond donors (Lipinski definition) is 2. The highest BCUT2D eigenvalue weighted by Crippen LogP contribution is 2.08. The van der Waals surface area contributed by atoms with E-state index in [-0.39, 0.29) is 6.09 Å². The van der Waals surface area contributed by atoms with Crippen molar-refractivity contribution in [2.24, 2.45) is 4.99 Å². The minimum atomic E-state index is -0.475. The van der Waals surface area contributed by atoms with Crippen LogP contribution >= 0.6 is 11.3 Å². The number of likely N-dealkylation sites (N-methyl/N-ethyl adjacent to an activating group) is 1. The number of carbonyl (C=O) groups is 1. The third-order valence-corrected chi connectivity index (χ3v) is 3.44. The molecule has 0 unspecified atom stereocenters. The SMILES string of the molecule is CN=C(NCCN(C)C(=O)OC(C)(C)C)NCc1ccsc1. The van der Waals surface area contributed by atoms with E-state index in [9.17, 15) is 4.79 Å². The maximum atomic E-state index is 11.8. The molecule has 0 radical (unpaired) electrons. The first-order valence-electron chi connectivity index (χ1n) is 7.21. The van der Waals surface area contributed by atoms with Gasteiger partial charge in [0.15, 0.2) is 5.96 Å². The van der Waals surface area contributed by atoms with E-state index in [0.29, 0.717) is 19.0 Å². The number of nitrogens with one attached hydrogen (secondary N) is 2. The highest BCUT2D eigenvalue weighted by atomic mass is 32.1. The molecule has 0 aliphatic carbocycles. The molecule has 1 amide bonds. The summed E-state index contributed by atoms with van der Waals surface area (Å²) in [5, 5.41) is 10.5. The third kappa shape index (κ3) is 7.31. The third-order valence-electron chi connectivity index (χ3n) is 2.71. The summed E-state index contributed by atoms with van der Waals surface area (Å²) in [5.74, 6) is 0.712. The average Bonchev–Trinajstić information content (AvgIpc) is 2.93. The number of ether oxygens (including phenoxy) is 1. The van der Waals surface area contributed by atoms with Gasteiger partial charge < -0.3 is 20.3 Å². The number of thiophene rings is 1. The smallest absolute Gasteiger partial charge is 0.410 e. The summed E-state index contributed by atoms with van der Waals surface area (Å²) in [6.07, 6.45) is -0.324. The summed E-state index contributed by atoms with van der Waals surface area (Å²) in [7, 11) is 3.44. The van der Waals surface area contributed by atoms with E-state index in [4.69, 9.17) is 4.74 Å². The minimum Gasteiger partial charge on any atom is -0.444 e. The van der Waals surface area contributed by atoms with Crippen LogP contribution in [0.1, 0.15) is 26.3 Å². The molecule has 0 atom stereocenters. The first-order valence-corrected chi connectivity index (χ1v) is 8.16. The second kappa shape index (κ2) is 8.63. The van der Waals surface area contributed by atoms with E-state index in [1.54, 1.807) is 30.3 Å². The molecule has 0 bridgehead atoms. The molecule has 124 valence electrons. The molecule has 6 nitrogen and oxygen atoms in total. The molecule has 2 N–H and O–H groups in total. The van der Waals surface area contributed by atoms with Crippen LogP contribution in [0.15, 0.2) is 21.8 Å². The van der Waals surface area contributed by atoms with Gasteiger partial charge >= 0.3 is 6.09 Å². The summed E-state index contributed by atoms with van der Waals surface area (Å²) < 4.78 is 5.29. The number of hydrogen-bond acceptors (Lipinski definition) is 4. The van der Waals surface area contributed by atoms with Crippen molar-refractivity contribution in [1.29, 1.82) is 0 Å². The summed E-state index contributed by atoms with van der Waals surface area (Å²) in [4.78, 5) is 17.5. The summed E-state index contributed by atoms with van der Waals surface area (Å²) >= 11 is 1.67. The fraction of sp³-hybridized carbons (Fsp3) is 0.600. The quantitative estimate of drug-likeness (QED) is 0.643. The molecule has 1 rings (SSSR count). The lowest BCUT2D eigenvalue weighted by Gasteiger charge is -2.24. The van der Waals surface area contributed by atoms with Crippen LogP contribution in [0.3, 0.4) is 0 Å². The minimum absolute atomic E-state index is 0.324. The van der Waals surface area contributed by atoms with Gasteiger partial charge in [-0.25, -0.2) is 4.79 Å². The second-order valence-electron chi connectivity index (χ2n) is 5.89. The van der Waals surface area contributed by atoms with Crippen molar-refractivity contribution in [3.8, 4) is 0 Å². The molecule has 1 heterocycles. The molecule has 7 heteroatoms. The van der Waals surface area contributed by atoms with Gasteiger partial charge in [-0.1, -0.05) is 0 Å². The van der Waals surface area contributed by atoms with Crippen molar-refractivity contribution in [3.05, 3.63) is 22.4 Å². The van der Waals surface area contributed by atoms with Gasteiger partial charge in [-0.15, -0.1) is 0 Å². The standard InChI is InChI=1S/C15H26N4O2S/c1-15(2,3)21-14(20)19(5)8-7-17-13(16-4)18-10-12-6-9-22-11-12/h6,9,11H,7-8,10H2,1-5H3,(H2,16,17,18). The monoisotopic (exact) mass is 326 g/mol. The molecular formula is C15H26N4O2S. The molecule has 0 fully saturated rings. The summed E-state index contributed by atoms with van der Waals surface area (Å²) in [6, 6.07) is 2.07. The fourth-order valence-corrected chi connectivity index (χ4v) is 2.24. The highest BCUT2D eigenvalue weighted by molar-refractivity contribution is 7.07. The van der Waals surface area contributed by atoms with Crippen molar-refractivity contribution in [2.75, 3.05) is 27.2 Å². The molecular weight excluding hydrogens is 300 g/mol. The van der Waals surface area contributed by atoms with Crippen LogP contribution in [0, 0.1) is 0 Å². The van der Waals surface area contributed by atoms with Crippen LogP contribution < -0.4 is 10.6 Å². The van der Waals surface area contributed by atoms with Crippen LogP contribution in [0.25, 0.3) is 0 Å². The zero-order valence-corrected chi connectivity index (χ0v) is 14.8. The number of nitrogens with zero attached hydrogens (tertiary/aromatic N) is 2. The van der Waals surface area contributed by atoms with Crippen molar-refractivity contribution in [2.45, 2.75) is 32.9 Å². The van der Waals surface area contributed by atoms with Gasteiger partial charge in [0.1, 0.15) is 5.60 Å². The number of amides is 1. The number of rotatable bonds is 5. The topological polar surface area (TPSA) is 66.0 Å². The van der Waals surface area contributed by atoms with Crippen molar-refractivity contribution in [3.63, 3.8) is 0 Å². The Morgan fingerprint density at radius 1 is 1.41 bits per heavy atom. The zero-order valence-electron chi connectivity index (χ0n) is 14.0. The second-order valence-corrected chi connectivity index (χ2v) is 6.67. The van der Waals surface area contributed by atoms with Crippen LogP contribution in [0.4, 0.5) is 4.79 Å². The lowest BCUT2D eigenvalue weighted by molar-refractivity contribution is 0.0302. The maximum absolute atomic E-state index is 11.8. The Bertz CT molecular complexity index is 480. The van der Waals surface area contributed by atoms with Crippen LogP contribution in [-0.2, 0) is 11.3 Å². The van der Waals surface area contributed by atoms with E-state index >= 15 is 0 Å². The highest BCUT2D eigenvalue weighted by Gasteiger charge is 2.19. The predicted octanol–water partition coefficient (Wildman–Crippen LogP) is 2.28. The zero-order chi connectivity index (χ0) is 16.6. The van der Waals surface area contributed by atoms with E-state index in [1.807, 2.05) is 26.2 Å². The Hall–Kier alpha value is -1.76. The lowest BCUT2D eigenvalue weighted by Crippen LogP contribution is -2.42. The van der Waals surface area contributed by atoms with Gasteiger partial charge in [0.2, 0.25) is 0 Å². The molecule has 0 aromatic carbocycles. The normalized spacial score (nSPS) is 12.0. The number of aliphatic imine (C=N–C) groups is 1. The van der Waals surface area contributed by atoms with Gasteiger partial charge in [0.05, 0.1) is 0 Å². The van der Waals surface area contributed by atoms with Gasteiger partial charge in [-0.2, -0.15) is 11.3 Å². The van der Waals surface area contributed by atoms with Crippen LogP contribution in [0.2, 0.25) is 0 Å². The van der Waals surface area contributed by atoms with E-state index in [2.05, 4.69) is 27.1 Å². The molecule has 22 heavy (non-hydrogen) atoms. The Morgan fingerprint density at radius 3 is 2.68 bits per heavy atom. The molecule has 1 aromatic heterocycles. The van der Waals surface area contributed by atoms with Crippen LogP contribution in [-0.4, -0.2) is 49.7 Å². The van der Waals surface area contributed by atoms with Crippen molar-refractivity contribution >= 4 is 23.4 Å². The van der Waals surface area contributed by atoms with Crippen LogP contribution in [0.5, 0.6) is 0 Å². The maximum Gasteiger partial charge on any atom is 0.410 e. The largest absolute Gasteiger partial charge is 0.444 e. The molecule has 0 spiro atoms. The Morgan fingerprint density at radius 2 is 2.14 bits per heavy atom. The summed E-state index contributed by atoms with van der Waals surface area (Å²) in [5.41, 5.74) is 0.746. The Balaban J connectivity index is 2.27. The molecule has 0 saturated carbocycles. The Labute approximate surface area is 136 Å². The van der Waals surface area contributed by atoms with E-state index in [0.717, 1.165) is 6.54 Å². The molecule has 0 aliphatic heterocycles. The van der Waals surface area contributed by atoms with Gasteiger partial charge in [0, 0.05) is 33.7 Å². The molecule has 1 aromatic rings. The average molecular weight is 326 g/mol. The van der Waals surface area contributed by atoms with Gasteiger partial charge in [-0.3, -0.25) is 4.99 Å². The van der Waals surface area contributed by atoms with Crippen molar-refractivity contribution < 1.29 is 9.53 Å². The molecule has 0 aliphatic rings. The fourth-order valence-electron chi connectivity index (χ4n) is 1.57. The Kier molecular flexibility index (Phi) is 7.17. The number of guanidine groups is 1. The van der Waals surface area contributed by atoms with Gasteiger partial charge in [-0.05, 0) is 43.2 Å². The first kappa shape index (κ1) is 18.3. The van der Waals surface area contributed by atoms with Crippen molar-refractivity contribution in [1.82, 2.24) is 15.5 Å². The van der Waals surface area contributed by atoms with E-state index < -0.39 is 5.60 Å². The van der Waals surface area contributed by atoms with Gasteiger partial charge in [0.25, 0.3) is 0 Å².